The number of aromatic nitrogens is 1. The van der Waals surface area contributed by atoms with Crippen LogP contribution >= 0.6 is 0 Å². The molecule has 0 bridgehead atoms. The van der Waals surface area contributed by atoms with Gasteiger partial charge in [0.15, 0.2) is 11.6 Å². The molecule has 1 aliphatic carbocycles. The Morgan fingerprint density at radius 2 is 1.88 bits per heavy atom. The average Bonchev–Trinajstić information content (AvgIpc) is 3.16. The fourth-order valence-electron chi connectivity index (χ4n) is 3.38. The molecule has 0 radical (unpaired) electrons. The van der Waals surface area contributed by atoms with Crippen LogP contribution in [0.5, 0.6) is 0 Å². The van der Waals surface area contributed by atoms with Crippen LogP contribution in [0, 0.1) is 0 Å². The molecule has 2 heterocycles. The van der Waals surface area contributed by atoms with E-state index in [0.717, 1.165) is 18.4 Å². The minimum absolute atomic E-state index is 0.200. The molecule has 1 saturated heterocycles. The molecule has 1 amide bonds. The van der Waals surface area contributed by atoms with Gasteiger partial charge in [0.2, 0.25) is 0 Å². The van der Waals surface area contributed by atoms with Crippen molar-refractivity contribution in [1.82, 2.24) is 9.88 Å². The van der Waals surface area contributed by atoms with Crippen LogP contribution in [0.15, 0.2) is 41.0 Å². The number of carbonyl (C=O) groups is 2. The van der Waals surface area contributed by atoms with E-state index in [9.17, 15) is 14.7 Å². The second kappa shape index (κ2) is 5.78. The highest BCUT2D eigenvalue weighted by atomic mass is 16.4. The van der Waals surface area contributed by atoms with Gasteiger partial charge in [-0.1, -0.05) is 30.3 Å². The van der Waals surface area contributed by atoms with Crippen LogP contribution in [0.1, 0.15) is 59.6 Å². The first-order valence-corrected chi connectivity index (χ1v) is 8.21. The fraction of sp³-hybridized carbons (Fsp3) is 0.389. The normalized spacial score (nSPS) is 23.4. The standard InChI is InChI=1S/C18H18N2O4/c21-17(13-10-24-16(19-13)12-6-7-12)20-14(8-9-15(20)18(22)23)11-4-2-1-3-5-11/h1-5,10,12,14-15H,6-9H2,(H,22,23)/t14-,15-/m0/s1. The number of rotatable bonds is 4. The minimum Gasteiger partial charge on any atom is -0.480 e. The lowest BCUT2D eigenvalue weighted by Crippen LogP contribution is -2.42. The summed E-state index contributed by atoms with van der Waals surface area (Å²) in [5.74, 6) is -0.455. The number of carbonyl (C=O) groups excluding carboxylic acids is 1. The van der Waals surface area contributed by atoms with Gasteiger partial charge in [0.25, 0.3) is 5.91 Å². The summed E-state index contributed by atoms with van der Waals surface area (Å²) in [4.78, 5) is 30.3. The molecule has 124 valence electrons. The maximum Gasteiger partial charge on any atom is 0.326 e. The monoisotopic (exact) mass is 326 g/mol. The van der Waals surface area contributed by atoms with Crippen molar-refractivity contribution in [2.45, 2.75) is 43.7 Å². The number of likely N-dealkylation sites (tertiary alicyclic amines) is 1. The van der Waals surface area contributed by atoms with Gasteiger partial charge >= 0.3 is 5.97 Å². The highest BCUT2D eigenvalue weighted by Crippen LogP contribution is 2.40. The molecule has 0 unspecified atom stereocenters. The molecule has 0 spiro atoms. The summed E-state index contributed by atoms with van der Waals surface area (Å²) in [6, 6.07) is 8.46. The van der Waals surface area contributed by atoms with Crippen LogP contribution in [-0.2, 0) is 4.79 Å². The number of carboxylic acid groups (broad SMARTS) is 1. The lowest BCUT2D eigenvalue weighted by atomic mass is 10.0. The second-order valence-corrected chi connectivity index (χ2v) is 6.42. The van der Waals surface area contributed by atoms with Crippen LogP contribution in [-0.4, -0.2) is 32.9 Å². The predicted octanol–water partition coefficient (Wildman–Crippen LogP) is 2.98. The Bertz CT molecular complexity index is 766. The maximum atomic E-state index is 12.9. The Morgan fingerprint density at radius 3 is 2.54 bits per heavy atom. The molecular weight excluding hydrogens is 308 g/mol. The smallest absolute Gasteiger partial charge is 0.326 e. The molecule has 6 heteroatoms. The van der Waals surface area contributed by atoms with Crippen molar-refractivity contribution in [2.75, 3.05) is 0 Å². The first-order valence-electron chi connectivity index (χ1n) is 8.21. The van der Waals surface area contributed by atoms with Crippen molar-refractivity contribution >= 4 is 11.9 Å². The highest BCUT2D eigenvalue weighted by molar-refractivity contribution is 5.95. The number of benzene rings is 1. The molecule has 6 nitrogen and oxygen atoms in total. The number of oxazole rings is 1. The zero-order chi connectivity index (χ0) is 16.7. The van der Waals surface area contributed by atoms with Gasteiger partial charge in [-0.2, -0.15) is 0 Å². The van der Waals surface area contributed by atoms with Crippen molar-refractivity contribution < 1.29 is 19.1 Å². The van der Waals surface area contributed by atoms with E-state index < -0.39 is 12.0 Å². The summed E-state index contributed by atoms with van der Waals surface area (Å²) < 4.78 is 5.40. The van der Waals surface area contributed by atoms with Crippen LogP contribution in [0.3, 0.4) is 0 Å². The zero-order valence-corrected chi connectivity index (χ0v) is 13.1. The van der Waals surface area contributed by atoms with Gasteiger partial charge in [0.05, 0.1) is 6.04 Å². The zero-order valence-electron chi connectivity index (χ0n) is 13.1. The Balaban J connectivity index is 1.66. The highest BCUT2D eigenvalue weighted by Gasteiger charge is 2.43. The summed E-state index contributed by atoms with van der Waals surface area (Å²) in [6.07, 6.45) is 4.48. The van der Waals surface area contributed by atoms with Gasteiger partial charge in [-0.25, -0.2) is 9.78 Å². The lowest BCUT2D eigenvalue weighted by Gasteiger charge is -2.27. The summed E-state index contributed by atoms with van der Waals surface area (Å²) in [5, 5.41) is 9.51. The summed E-state index contributed by atoms with van der Waals surface area (Å²) in [5.41, 5.74) is 1.14. The van der Waals surface area contributed by atoms with Crippen LogP contribution in [0.25, 0.3) is 0 Å². The molecule has 1 saturated carbocycles. The molecule has 2 aliphatic rings. The van der Waals surface area contributed by atoms with Gasteiger partial charge in [-0.3, -0.25) is 4.79 Å². The number of amides is 1. The van der Waals surface area contributed by atoms with Crippen LogP contribution in [0.4, 0.5) is 0 Å². The van der Waals surface area contributed by atoms with Crippen LogP contribution in [0.2, 0.25) is 0 Å². The molecule has 1 aromatic carbocycles. The van der Waals surface area contributed by atoms with E-state index in [1.54, 1.807) is 0 Å². The summed E-state index contributed by atoms with van der Waals surface area (Å²) >= 11 is 0. The van der Waals surface area contributed by atoms with Crippen molar-refractivity contribution in [3.63, 3.8) is 0 Å². The van der Waals surface area contributed by atoms with E-state index in [1.165, 1.54) is 11.2 Å². The maximum absolute atomic E-state index is 12.9. The number of hydrogen-bond donors (Lipinski definition) is 1. The number of hydrogen-bond acceptors (Lipinski definition) is 4. The average molecular weight is 326 g/mol. The molecule has 1 aromatic heterocycles. The molecular formula is C18H18N2O4. The van der Waals surface area contributed by atoms with Gasteiger partial charge in [0, 0.05) is 5.92 Å². The number of carboxylic acids is 1. The summed E-state index contributed by atoms with van der Waals surface area (Å²) in [7, 11) is 0. The topological polar surface area (TPSA) is 83.6 Å². The first kappa shape index (κ1) is 14.9. The SMILES string of the molecule is O=C(O)[C@@H]1CC[C@@H](c2ccccc2)N1C(=O)c1coc(C2CC2)n1. The van der Waals surface area contributed by atoms with Gasteiger partial charge in [0.1, 0.15) is 12.3 Å². The minimum atomic E-state index is -0.979. The Labute approximate surface area is 139 Å². The first-order chi connectivity index (χ1) is 11.6. The Hall–Kier alpha value is -2.63. The van der Waals surface area contributed by atoms with E-state index in [0.29, 0.717) is 24.7 Å². The molecule has 2 atom stereocenters. The largest absolute Gasteiger partial charge is 0.480 e. The lowest BCUT2D eigenvalue weighted by molar-refractivity contribution is -0.141. The molecule has 2 fully saturated rings. The summed E-state index contributed by atoms with van der Waals surface area (Å²) in [6.45, 7) is 0. The Morgan fingerprint density at radius 1 is 1.12 bits per heavy atom. The third-order valence-corrected chi connectivity index (χ3v) is 4.76. The van der Waals surface area contributed by atoms with E-state index in [1.807, 2.05) is 30.3 Å². The Kier molecular flexibility index (Phi) is 3.59. The molecule has 1 N–H and O–H groups in total. The molecule has 24 heavy (non-hydrogen) atoms. The fourth-order valence-corrected chi connectivity index (χ4v) is 3.38. The second-order valence-electron chi connectivity index (χ2n) is 6.42. The van der Waals surface area contributed by atoms with E-state index in [2.05, 4.69) is 4.98 Å². The molecule has 1 aliphatic heterocycles. The van der Waals surface area contributed by atoms with E-state index in [4.69, 9.17) is 4.42 Å². The third kappa shape index (κ3) is 2.58. The van der Waals surface area contributed by atoms with Gasteiger partial charge in [-0.05, 0) is 31.2 Å². The van der Waals surface area contributed by atoms with Crippen molar-refractivity contribution in [3.05, 3.63) is 53.7 Å². The van der Waals surface area contributed by atoms with E-state index in [-0.39, 0.29) is 17.6 Å². The molecule has 4 rings (SSSR count). The molecule has 2 aromatic rings. The third-order valence-electron chi connectivity index (χ3n) is 4.76. The van der Waals surface area contributed by atoms with Crippen molar-refractivity contribution in [2.24, 2.45) is 0 Å². The van der Waals surface area contributed by atoms with Crippen molar-refractivity contribution in [3.8, 4) is 0 Å². The number of nitrogens with zero attached hydrogens (tertiary/aromatic N) is 2. The van der Waals surface area contributed by atoms with Crippen molar-refractivity contribution in [1.29, 1.82) is 0 Å². The van der Waals surface area contributed by atoms with Crippen LogP contribution < -0.4 is 0 Å². The van der Waals surface area contributed by atoms with Gasteiger partial charge in [-0.15, -0.1) is 0 Å². The van der Waals surface area contributed by atoms with Gasteiger partial charge < -0.3 is 14.4 Å². The predicted molar refractivity (Wildman–Crippen MR) is 84.5 cm³/mol. The quantitative estimate of drug-likeness (QED) is 0.934. The number of aliphatic carboxylic acids is 1. The van der Waals surface area contributed by atoms with E-state index >= 15 is 0 Å².